The van der Waals surface area contributed by atoms with E-state index in [4.69, 9.17) is 14.1 Å². The Morgan fingerprint density at radius 3 is 2.43 bits per heavy atom. The van der Waals surface area contributed by atoms with Crippen LogP contribution in [0.3, 0.4) is 0 Å². The molecule has 1 aromatic carbocycles. The number of hydrogen-bond donors (Lipinski definition) is 0. The summed E-state index contributed by atoms with van der Waals surface area (Å²) in [6.45, 7) is 1.34. The molecule has 0 saturated heterocycles. The third-order valence-corrected chi connectivity index (χ3v) is 3.09. The van der Waals surface area contributed by atoms with Gasteiger partial charge in [-0.25, -0.2) is 4.79 Å². The van der Waals surface area contributed by atoms with Gasteiger partial charge in [-0.2, -0.15) is 0 Å². The van der Waals surface area contributed by atoms with Crippen LogP contribution < -0.4 is 0 Å². The Balaban J connectivity index is 1.54. The van der Waals surface area contributed by atoms with Crippen molar-refractivity contribution in [1.82, 2.24) is 10.2 Å². The Bertz CT molecular complexity index is 747. The molecule has 0 unspecified atom stereocenters. The monoisotopic (exact) mass is 316 g/mol. The zero-order valence-electron chi connectivity index (χ0n) is 12.1. The number of ether oxygens (including phenoxy) is 1. The highest BCUT2D eigenvalue weighted by Gasteiger charge is 2.38. The normalized spacial score (nSPS) is 13.3. The van der Waals surface area contributed by atoms with Gasteiger partial charge >= 0.3 is 5.97 Å². The lowest BCUT2D eigenvalue weighted by molar-refractivity contribution is -0.174. The molecule has 0 radical (unpaired) electrons. The molecule has 0 atom stereocenters. The number of nitrogens with zero attached hydrogens (tertiary/aromatic N) is 2. The van der Waals surface area contributed by atoms with E-state index in [9.17, 15) is 14.4 Å². The summed E-state index contributed by atoms with van der Waals surface area (Å²) < 4.78 is 10.0. The topological polar surface area (TPSA) is 98.9 Å². The Kier molecular flexibility index (Phi) is 3.90. The SMILES string of the molecule is Cc1cc(COCC(=O)ON2C(=O)c3ccccc3C2=O)on1. The molecular weight excluding hydrogens is 304 g/mol. The number of benzene rings is 1. The number of carbonyl (C=O) groups is 3. The van der Waals surface area contributed by atoms with Gasteiger partial charge in [0.1, 0.15) is 13.2 Å². The maximum absolute atomic E-state index is 12.0. The number of aromatic nitrogens is 1. The van der Waals surface area contributed by atoms with E-state index in [1.54, 1.807) is 25.1 Å². The maximum Gasteiger partial charge on any atom is 0.358 e. The summed E-state index contributed by atoms with van der Waals surface area (Å²) in [6, 6.07) is 7.89. The van der Waals surface area contributed by atoms with E-state index in [-0.39, 0.29) is 17.7 Å². The van der Waals surface area contributed by atoms with Crippen molar-refractivity contribution < 1.29 is 28.5 Å². The Hall–Kier alpha value is -3.00. The minimum Gasteiger partial charge on any atom is -0.362 e. The van der Waals surface area contributed by atoms with Crippen molar-refractivity contribution in [3.8, 4) is 0 Å². The first-order valence-corrected chi connectivity index (χ1v) is 6.75. The van der Waals surface area contributed by atoms with Gasteiger partial charge in [-0.3, -0.25) is 9.59 Å². The number of amides is 2. The number of fused-ring (bicyclic) bond motifs is 1. The zero-order valence-corrected chi connectivity index (χ0v) is 12.1. The van der Waals surface area contributed by atoms with E-state index in [1.165, 1.54) is 12.1 Å². The number of rotatable bonds is 5. The molecule has 0 saturated carbocycles. The van der Waals surface area contributed by atoms with Crippen molar-refractivity contribution >= 4 is 17.8 Å². The summed E-state index contributed by atoms with van der Waals surface area (Å²) >= 11 is 0. The van der Waals surface area contributed by atoms with Gasteiger partial charge in [0, 0.05) is 6.07 Å². The van der Waals surface area contributed by atoms with Gasteiger partial charge in [0.25, 0.3) is 11.8 Å². The van der Waals surface area contributed by atoms with Crippen LogP contribution in [-0.4, -0.2) is 34.6 Å². The lowest BCUT2D eigenvalue weighted by Gasteiger charge is -2.12. The molecule has 0 fully saturated rings. The van der Waals surface area contributed by atoms with Crippen molar-refractivity contribution in [2.24, 2.45) is 0 Å². The first kappa shape index (κ1) is 14.9. The predicted molar refractivity (Wildman–Crippen MR) is 73.9 cm³/mol. The van der Waals surface area contributed by atoms with Gasteiger partial charge in [0.2, 0.25) is 0 Å². The second-order valence-corrected chi connectivity index (χ2v) is 4.84. The number of aryl methyl sites for hydroxylation is 1. The fraction of sp³-hybridized carbons (Fsp3) is 0.200. The summed E-state index contributed by atoms with van der Waals surface area (Å²) in [6.07, 6.45) is 0. The van der Waals surface area contributed by atoms with Crippen LogP contribution in [0.1, 0.15) is 32.2 Å². The number of carbonyl (C=O) groups excluding carboxylic acids is 3. The molecule has 1 aromatic heterocycles. The van der Waals surface area contributed by atoms with Gasteiger partial charge in [-0.1, -0.05) is 22.4 Å². The van der Waals surface area contributed by atoms with E-state index in [1.807, 2.05) is 0 Å². The van der Waals surface area contributed by atoms with Gasteiger partial charge < -0.3 is 14.1 Å². The van der Waals surface area contributed by atoms with Crippen LogP contribution in [0.5, 0.6) is 0 Å². The largest absolute Gasteiger partial charge is 0.362 e. The summed E-state index contributed by atoms with van der Waals surface area (Å²) in [4.78, 5) is 40.5. The van der Waals surface area contributed by atoms with Crippen molar-refractivity contribution in [1.29, 1.82) is 0 Å². The molecule has 1 aliphatic rings. The summed E-state index contributed by atoms with van der Waals surface area (Å²) in [7, 11) is 0. The van der Waals surface area contributed by atoms with E-state index in [0.29, 0.717) is 16.5 Å². The van der Waals surface area contributed by atoms with Crippen LogP contribution in [0.15, 0.2) is 34.9 Å². The fourth-order valence-electron chi connectivity index (χ4n) is 2.10. The lowest BCUT2D eigenvalue weighted by atomic mass is 10.1. The average Bonchev–Trinajstić information content (AvgIpc) is 3.05. The molecule has 8 heteroatoms. The molecule has 0 spiro atoms. The number of hydroxylamine groups is 2. The van der Waals surface area contributed by atoms with Gasteiger partial charge in [-0.15, -0.1) is 0 Å². The first-order chi connectivity index (χ1) is 11.1. The summed E-state index contributed by atoms with van der Waals surface area (Å²) in [5.41, 5.74) is 1.09. The van der Waals surface area contributed by atoms with E-state index < -0.39 is 24.4 Å². The van der Waals surface area contributed by atoms with E-state index in [2.05, 4.69) is 5.16 Å². The van der Waals surface area contributed by atoms with Crippen LogP contribution >= 0.6 is 0 Å². The van der Waals surface area contributed by atoms with Crippen LogP contribution in [0.4, 0.5) is 0 Å². The second-order valence-electron chi connectivity index (χ2n) is 4.84. The smallest absolute Gasteiger partial charge is 0.358 e. The molecule has 1 aliphatic heterocycles. The van der Waals surface area contributed by atoms with Crippen molar-refractivity contribution in [2.45, 2.75) is 13.5 Å². The third kappa shape index (κ3) is 2.97. The molecule has 2 heterocycles. The highest BCUT2D eigenvalue weighted by Crippen LogP contribution is 2.22. The van der Waals surface area contributed by atoms with E-state index >= 15 is 0 Å². The molecule has 0 N–H and O–H groups in total. The summed E-state index contributed by atoms with van der Waals surface area (Å²) in [5.74, 6) is -1.76. The molecule has 118 valence electrons. The highest BCUT2D eigenvalue weighted by atomic mass is 16.7. The molecule has 2 aromatic rings. The second kappa shape index (κ2) is 6.01. The molecule has 23 heavy (non-hydrogen) atoms. The number of hydrogen-bond acceptors (Lipinski definition) is 7. The van der Waals surface area contributed by atoms with Gasteiger partial charge in [0.15, 0.2) is 5.76 Å². The molecule has 0 aliphatic carbocycles. The molecule has 8 nitrogen and oxygen atoms in total. The highest BCUT2D eigenvalue weighted by molar-refractivity contribution is 6.20. The Morgan fingerprint density at radius 2 is 1.87 bits per heavy atom. The minimum atomic E-state index is -0.865. The summed E-state index contributed by atoms with van der Waals surface area (Å²) in [5, 5.41) is 4.11. The quantitative estimate of drug-likeness (QED) is 0.765. The first-order valence-electron chi connectivity index (χ1n) is 6.75. The van der Waals surface area contributed by atoms with Gasteiger partial charge in [-0.05, 0) is 19.1 Å². The molecule has 2 amide bonds. The fourth-order valence-corrected chi connectivity index (χ4v) is 2.10. The zero-order chi connectivity index (χ0) is 16.4. The van der Waals surface area contributed by atoms with Crippen molar-refractivity contribution in [2.75, 3.05) is 6.61 Å². The van der Waals surface area contributed by atoms with E-state index in [0.717, 1.165) is 0 Å². The standard InChI is InChI=1S/C15H12N2O6/c1-9-6-10(22-16-9)7-21-8-13(18)23-17-14(19)11-4-2-3-5-12(11)15(17)20/h2-6H,7-8H2,1H3. The molecular formula is C15H12N2O6. The predicted octanol–water partition coefficient (Wildman–Crippen LogP) is 1.25. The third-order valence-electron chi connectivity index (χ3n) is 3.09. The van der Waals surface area contributed by atoms with Crippen LogP contribution in [-0.2, 0) is 21.0 Å². The van der Waals surface area contributed by atoms with Crippen molar-refractivity contribution in [3.63, 3.8) is 0 Å². The Morgan fingerprint density at radius 1 is 1.22 bits per heavy atom. The lowest BCUT2D eigenvalue weighted by Crippen LogP contribution is -2.34. The van der Waals surface area contributed by atoms with Gasteiger partial charge in [0.05, 0.1) is 16.8 Å². The van der Waals surface area contributed by atoms with Crippen LogP contribution in [0.25, 0.3) is 0 Å². The average molecular weight is 316 g/mol. The maximum atomic E-state index is 12.0. The molecule has 0 bridgehead atoms. The Labute approximate surface area is 130 Å². The van der Waals surface area contributed by atoms with Crippen molar-refractivity contribution in [3.05, 3.63) is 52.9 Å². The van der Waals surface area contributed by atoms with Crippen LogP contribution in [0, 0.1) is 6.92 Å². The number of imide groups is 1. The van der Waals surface area contributed by atoms with Crippen LogP contribution in [0.2, 0.25) is 0 Å². The molecule has 3 rings (SSSR count). The minimum absolute atomic E-state index is 0.0259.